The summed E-state index contributed by atoms with van der Waals surface area (Å²) in [6.07, 6.45) is 2.52. The lowest BCUT2D eigenvalue weighted by atomic mass is 9.81. The Morgan fingerprint density at radius 2 is 2.22 bits per heavy atom. The van der Waals surface area contributed by atoms with E-state index in [0.717, 1.165) is 6.29 Å². The van der Waals surface area contributed by atoms with E-state index in [0.29, 0.717) is 32.3 Å². The lowest BCUT2D eigenvalue weighted by Gasteiger charge is -2.18. The number of carbonyl (C=O) groups is 2. The molecule has 0 bridgehead atoms. The molecule has 102 valence electrons. The van der Waals surface area contributed by atoms with Crippen molar-refractivity contribution in [2.45, 2.75) is 32.1 Å². The largest absolute Gasteiger partial charge is 0.451 e. The predicted molar refractivity (Wildman–Crippen MR) is 67.5 cm³/mol. The summed E-state index contributed by atoms with van der Waals surface area (Å²) in [6.45, 7) is 2.59. The minimum absolute atomic E-state index is 0.101. The van der Waals surface area contributed by atoms with Crippen LogP contribution < -0.4 is 5.73 Å². The number of likely N-dealkylation sites (tertiary alicyclic amines) is 1. The van der Waals surface area contributed by atoms with Crippen molar-refractivity contribution >= 4 is 19.3 Å². The van der Waals surface area contributed by atoms with Gasteiger partial charge in [-0.25, -0.2) is 0 Å². The number of aldehydes is 1. The van der Waals surface area contributed by atoms with Gasteiger partial charge in [-0.15, -0.1) is 0 Å². The number of rotatable bonds is 6. The summed E-state index contributed by atoms with van der Waals surface area (Å²) in [5.41, 5.74) is 5.54. The first-order valence-corrected chi connectivity index (χ1v) is 6.31. The van der Waals surface area contributed by atoms with E-state index in [1.807, 2.05) is 0 Å². The molecule has 0 spiro atoms. The Labute approximate surface area is 107 Å². The molecule has 1 aliphatic heterocycles. The van der Waals surface area contributed by atoms with Crippen molar-refractivity contribution in [2.75, 3.05) is 13.1 Å². The van der Waals surface area contributed by atoms with Gasteiger partial charge in [0.15, 0.2) is 0 Å². The third-order valence-corrected chi connectivity index (χ3v) is 3.40. The zero-order valence-corrected chi connectivity index (χ0v) is 10.7. The Hall–Kier alpha value is -0.915. The van der Waals surface area contributed by atoms with Crippen LogP contribution in [-0.2, 0) is 9.59 Å². The van der Waals surface area contributed by atoms with Gasteiger partial charge in [0.2, 0.25) is 5.91 Å². The van der Waals surface area contributed by atoms with Gasteiger partial charge in [0.05, 0.1) is 6.04 Å². The van der Waals surface area contributed by atoms with Gasteiger partial charge in [-0.2, -0.15) is 0 Å². The molecular weight excluding hydrogens is 235 g/mol. The van der Waals surface area contributed by atoms with Gasteiger partial charge in [-0.3, -0.25) is 4.79 Å². The zero-order chi connectivity index (χ0) is 13.7. The molecule has 3 unspecified atom stereocenters. The molecule has 1 heterocycles. The maximum Gasteiger partial charge on any atom is 0.451 e. The molecule has 6 nitrogen and oxygen atoms in total. The highest BCUT2D eigenvalue weighted by Gasteiger charge is 2.35. The van der Waals surface area contributed by atoms with E-state index >= 15 is 0 Å². The van der Waals surface area contributed by atoms with Crippen LogP contribution in [0.5, 0.6) is 0 Å². The molecule has 1 rings (SSSR count). The summed E-state index contributed by atoms with van der Waals surface area (Å²) >= 11 is 0. The van der Waals surface area contributed by atoms with Crippen LogP contribution in [0.25, 0.3) is 0 Å². The van der Waals surface area contributed by atoms with E-state index in [-0.39, 0.29) is 17.7 Å². The number of hydrogen-bond donors (Lipinski definition) is 3. The summed E-state index contributed by atoms with van der Waals surface area (Å²) in [6, 6.07) is -0.546. The molecule has 0 aromatic carbocycles. The third-order valence-electron chi connectivity index (χ3n) is 3.40. The quantitative estimate of drug-likeness (QED) is 0.411. The van der Waals surface area contributed by atoms with Gasteiger partial charge in [-0.1, -0.05) is 6.42 Å². The second kappa shape index (κ2) is 6.87. The van der Waals surface area contributed by atoms with Crippen LogP contribution in [0.4, 0.5) is 0 Å². The van der Waals surface area contributed by atoms with E-state index in [9.17, 15) is 9.59 Å². The average Bonchev–Trinajstić information content (AvgIpc) is 2.70. The molecule has 0 aromatic heterocycles. The molecule has 7 heteroatoms. The smallest absolute Gasteiger partial charge is 0.427 e. The summed E-state index contributed by atoms with van der Waals surface area (Å²) in [4.78, 5) is 24.4. The predicted octanol–water partition coefficient (Wildman–Crippen LogP) is -1.14. The summed E-state index contributed by atoms with van der Waals surface area (Å²) in [5.74, 6) is -0.195. The fraction of sp³-hybridized carbons (Fsp3) is 0.818. The number of hydrogen-bond acceptors (Lipinski definition) is 5. The van der Waals surface area contributed by atoms with E-state index in [2.05, 4.69) is 0 Å². The van der Waals surface area contributed by atoms with Gasteiger partial charge >= 0.3 is 7.12 Å². The molecule has 0 aliphatic carbocycles. The van der Waals surface area contributed by atoms with Crippen molar-refractivity contribution in [3.05, 3.63) is 0 Å². The summed E-state index contributed by atoms with van der Waals surface area (Å²) in [5, 5.41) is 17.5. The zero-order valence-electron chi connectivity index (χ0n) is 10.7. The molecule has 3 atom stereocenters. The van der Waals surface area contributed by atoms with Crippen LogP contribution in [0, 0.1) is 11.8 Å². The molecule has 1 amide bonds. The van der Waals surface area contributed by atoms with Crippen molar-refractivity contribution in [1.29, 1.82) is 0 Å². The number of nitrogens with zero attached hydrogens (tertiary/aromatic N) is 1. The summed E-state index contributed by atoms with van der Waals surface area (Å²) in [7, 11) is -1.30. The Balaban J connectivity index is 2.48. The standard InChI is InChI=1S/C11H21BN2O4/c1-8(13)11(16)14-5-9(10(6-14)7-15)3-2-4-12(17)18/h7-10,17-18H,2-6,13H2,1H3. The van der Waals surface area contributed by atoms with Crippen LogP contribution in [-0.4, -0.2) is 53.4 Å². The first kappa shape index (κ1) is 15.1. The average molecular weight is 256 g/mol. The second-order valence-electron chi connectivity index (χ2n) is 5.00. The van der Waals surface area contributed by atoms with Crippen molar-refractivity contribution in [2.24, 2.45) is 17.6 Å². The van der Waals surface area contributed by atoms with Crippen LogP contribution in [0.2, 0.25) is 6.32 Å². The SMILES string of the molecule is CC(N)C(=O)N1CC(C=O)C(CCCB(O)O)C1. The highest BCUT2D eigenvalue weighted by molar-refractivity contribution is 6.40. The Morgan fingerprint density at radius 1 is 1.56 bits per heavy atom. The monoisotopic (exact) mass is 256 g/mol. The topological polar surface area (TPSA) is 104 Å². The third kappa shape index (κ3) is 4.08. The highest BCUT2D eigenvalue weighted by Crippen LogP contribution is 2.27. The van der Waals surface area contributed by atoms with Crippen LogP contribution in [0.15, 0.2) is 0 Å². The fourth-order valence-electron chi connectivity index (χ4n) is 2.39. The van der Waals surface area contributed by atoms with Gasteiger partial charge in [0.1, 0.15) is 6.29 Å². The Bertz CT molecular complexity index is 299. The maximum absolute atomic E-state index is 11.7. The van der Waals surface area contributed by atoms with Crippen molar-refractivity contribution in [3.63, 3.8) is 0 Å². The van der Waals surface area contributed by atoms with Crippen molar-refractivity contribution < 1.29 is 19.6 Å². The lowest BCUT2D eigenvalue weighted by Crippen LogP contribution is -2.41. The molecule has 1 saturated heterocycles. The van der Waals surface area contributed by atoms with Crippen LogP contribution in [0.1, 0.15) is 19.8 Å². The minimum Gasteiger partial charge on any atom is -0.427 e. The normalized spacial score (nSPS) is 25.0. The molecule has 18 heavy (non-hydrogen) atoms. The van der Waals surface area contributed by atoms with Crippen LogP contribution in [0.3, 0.4) is 0 Å². The number of amides is 1. The first-order valence-electron chi connectivity index (χ1n) is 6.31. The molecular formula is C11H21BN2O4. The minimum atomic E-state index is -1.30. The van der Waals surface area contributed by atoms with Gasteiger partial charge in [0.25, 0.3) is 0 Å². The summed E-state index contributed by atoms with van der Waals surface area (Å²) < 4.78 is 0. The lowest BCUT2D eigenvalue weighted by molar-refractivity contribution is -0.131. The fourth-order valence-corrected chi connectivity index (χ4v) is 2.39. The van der Waals surface area contributed by atoms with E-state index in [1.165, 1.54) is 0 Å². The van der Waals surface area contributed by atoms with Crippen LogP contribution >= 0.6 is 0 Å². The van der Waals surface area contributed by atoms with Crippen molar-refractivity contribution in [3.8, 4) is 0 Å². The molecule has 0 radical (unpaired) electrons. The molecule has 0 aromatic rings. The Morgan fingerprint density at radius 3 is 2.72 bits per heavy atom. The number of carbonyl (C=O) groups excluding carboxylic acids is 2. The molecule has 0 saturated carbocycles. The molecule has 1 fully saturated rings. The van der Waals surface area contributed by atoms with Gasteiger partial charge in [-0.05, 0) is 25.6 Å². The molecule has 1 aliphatic rings. The van der Waals surface area contributed by atoms with E-state index in [4.69, 9.17) is 15.8 Å². The van der Waals surface area contributed by atoms with Gasteiger partial charge < -0.3 is 25.5 Å². The van der Waals surface area contributed by atoms with E-state index in [1.54, 1.807) is 11.8 Å². The first-order chi connectivity index (χ1) is 8.45. The Kier molecular flexibility index (Phi) is 5.78. The van der Waals surface area contributed by atoms with Crippen molar-refractivity contribution in [1.82, 2.24) is 4.90 Å². The van der Waals surface area contributed by atoms with E-state index < -0.39 is 13.2 Å². The second-order valence-corrected chi connectivity index (χ2v) is 5.00. The maximum atomic E-state index is 11.7. The highest BCUT2D eigenvalue weighted by atomic mass is 16.4. The van der Waals surface area contributed by atoms with Gasteiger partial charge in [0, 0.05) is 19.0 Å². The molecule has 4 N–H and O–H groups in total. The number of nitrogens with two attached hydrogens (primary N) is 1.